The van der Waals surface area contributed by atoms with Crippen LogP contribution in [0.3, 0.4) is 0 Å². The molecule has 3 nitrogen and oxygen atoms in total. The monoisotopic (exact) mass is 234 g/mol. The SMILES string of the molecule is COC(C)CN1CC(C)NCc2ccccc21. The summed E-state index contributed by atoms with van der Waals surface area (Å²) < 4.78 is 5.38. The standard InChI is InChI=1S/C14H22N2O/c1-11-9-16(10-12(2)17-3)14-7-5-4-6-13(14)8-15-11/h4-7,11-12,15H,8-10H2,1-3H3. The first-order valence-electron chi connectivity index (χ1n) is 6.29. The summed E-state index contributed by atoms with van der Waals surface area (Å²) in [4.78, 5) is 2.42. The number of nitrogens with one attached hydrogen (secondary N) is 1. The predicted octanol–water partition coefficient (Wildman–Crippen LogP) is 2.02. The maximum absolute atomic E-state index is 5.38. The molecule has 2 atom stereocenters. The van der Waals surface area contributed by atoms with E-state index < -0.39 is 0 Å². The molecule has 0 spiro atoms. The molecule has 0 saturated carbocycles. The highest BCUT2D eigenvalue weighted by atomic mass is 16.5. The molecule has 1 aliphatic heterocycles. The molecule has 0 radical (unpaired) electrons. The molecule has 1 heterocycles. The molecule has 3 heteroatoms. The van der Waals surface area contributed by atoms with Gasteiger partial charge in [0.05, 0.1) is 6.10 Å². The molecular weight excluding hydrogens is 212 g/mol. The first-order chi connectivity index (χ1) is 8.20. The lowest BCUT2D eigenvalue weighted by atomic mass is 10.1. The van der Waals surface area contributed by atoms with Gasteiger partial charge in [0, 0.05) is 38.5 Å². The van der Waals surface area contributed by atoms with Crippen molar-refractivity contribution in [3.05, 3.63) is 29.8 Å². The van der Waals surface area contributed by atoms with Crippen molar-refractivity contribution in [3.63, 3.8) is 0 Å². The molecule has 0 fully saturated rings. The fourth-order valence-electron chi connectivity index (χ4n) is 2.30. The Morgan fingerprint density at radius 3 is 3.00 bits per heavy atom. The van der Waals surface area contributed by atoms with Crippen LogP contribution in [0.15, 0.2) is 24.3 Å². The van der Waals surface area contributed by atoms with Crippen LogP contribution >= 0.6 is 0 Å². The average Bonchev–Trinajstić information content (AvgIpc) is 2.50. The van der Waals surface area contributed by atoms with Gasteiger partial charge in [-0.15, -0.1) is 0 Å². The van der Waals surface area contributed by atoms with Crippen molar-refractivity contribution >= 4 is 5.69 Å². The van der Waals surface area contributed by atoms with Crippen molar-refractivity contribution in [3.8, 4) is 0 Å². The number of hydrogen-bond donors (Lipinski definition) is 1. The van der Waals surface area contributed by atoms with Crippen LogP contribution in [0.25, 0.3) is 0 Å². The Kier molecular flexibility index (Phi) is 4.02. The summed E-state index contributed by atoms with van der Waals surface area (Å²) >= 11 is 0. The van der Waals surface area contributed by atoms with Crippen molar-refractivity contribution in [2.45, 2.75) is 32.5 Å². The molecule has 2 unspecified atom stereocenters. The van der Waals surface area contributed by atoms with Gasteiger partial charge < -0.3 is 15.0 Å². The fourth-order valence-corrected chi connectivity index (χ4v) is 2.30. The molecule has 1 N–H and O–H groups in total. The Balaban J connectivity index is 2.22. The van der Waals surface area contributed by atoms with E-state index >= 15 is 0 Å². The van der Waals surface area contributed by atoms with Gasteiger partial charge in [-0.25, -0.2) is 0 Å². The highest BCUT2D eigenvalue weighted by Gasteiger charge is 2.19. The van der Waals surface area contributed by atoms with Crippen LogP contribution in [0.5, 0.6) is 0 Å². The summed E-state index contributed by atoms with van der Waals surface area (Å²) in [7, 11) is 1.77. The van der Waals surface area contributed by atoms with E-state index in [-0.39, 0.29) is 6.10 Å². The molecule has 2 rings (SSSR count). The van der Waals surface area contributed by atoms with Crippen LogP contribution in [0, 0.1) is 0 Å². The molecule has 0 amide bonds. The van der Waals surface area contributed by atoms with E-state index in [9.17, 15) is 0 Å². The smallest absolute Gasteiger partial charge is 0.0718 e. The number of fused-ring (bicyclic) bond motifs is 1. The molecule has 0 aliphatic carbocycles. The van der Waals surface area contributed by atoms with Gasteiger partial charge in [-0.2, -0.15) is 0 Å². The van der Waals surface area contributed by atoms with Crippen molar-refractivity contribution in [2.75, 3.05) is 25.1 Å². The van der Waals surface area contributed by atoms with Crippen LogP contribution in [0.1, 0.15) is 19.4 Å². The number of nitrogens with zero attached hydrogens (tertiary/aromatic N) is 1. The van der Waals surface area contributed by atoms with E-state index in [0.717, 1.165) is 19.6 Å². The zero-order valence-electron chi connectivity index (χ0n) is 10.9. The average molecular weight is 234 g/mol. The third kappa shape index (κ3) is 2.99. The summed E-state index contributed by atoms with van der Waals surface area (Å²) in [6, 6.07) is 9.13. The second kappa shape index (κ2) is 5.52. The van der Waals surface area contributed by atoms with Gasteiger partial charge in [0.2, 0.25) is 0 Å². The Labute approximate surface area is 104 Å². The Hall–Kier alpha value is -1.06. The number of rotatable bonds is 3. The number of hydrogen-bond acceptors (Lipinski definition) is 3. The quantitative estimate of drug-likeness (QED) is 0.866. The lowest BCUT2D eigenvalue weighted by Gasteiger charge is -2.28. The molecule has 94 valence electrons. The molecule has 1 aromatic rings. The van der Waals surface area contributed by atoms with E-state index in [1.165, 1.54) is 11.3 Å². The van der Waals surface area contributed by atoms with Gasteiger partial charge in [0.25, 0.3) is 0 Å². The van der Waals surface area contributed by atoms with E-state index in [2.05, 4.69) is 48.3 Å². The number of para-hydroxylation sites is 1. The lowest BCUT2D eigenvalue weighted by molar-refractivity contribution is 0.123. The summed E-state index contributed by atoms with van der Waals surface area (Å²) in [5.74, 6) is 0. The number of methoxy groups -OCH3 is 1. The van der Waals surface area contributed by atoms with Crippen LogP contribution < -0.4 is 10.2 Å². The van der Waals surface area contributed by atoms with Crippen molar-refractivity contribution < 1.29 is 4.74 Å². The molecule has 0 bridgehead atoms. The Bertz CT molecular complexity index is 367. The maximum atomic E-state index is 5.38. The van der Waals surface area contributed by atoms with Crippen LogP contribution in [0.4, 0.5) is 5.69 Å². The third-order valence-electron chi connectivity index (χ3n) is 3.35. The highest BCUT2D eigenvalue weighted by molar-refractivity contribution is 5.54. The summed E-state index contributed by atoms with van der Waals surface area (Å²) in [5, 5.41) is 3.54. The Morgan fingerprint density at radius 1 is 1.47 bits per heavy atom. The van der Waals surface area contributed by atoms with Gasteiger partial charge in [0.1, 0.15) is 0 Å². The van der Waals surface area contributed by atoms with Gasteiger partial charge >= 0.3 is 0 Å². The predicted molar refractivity (Wildman–Crippen MR) is 71.4 cm³/mol. The zero-order valence-corrected chi connectivity index (χ0v) is 10.9. The number of anilines is 1. The topological polar surface area (TPSA) is 24.5 Å². The van der Waals surface area contributed by atoms with E-state index in [0.29, 0.717) is 6.04 Å². The molecule has 0 saturated heterocycles. The zero-order chi connectivity index (χ0) is 12.3. The minimum atomic E-state index is 0.258. The summed E-state index contributed by atoms with van der Waals surface area (Å²) in [6.45, 7) is 7.28. The molecule has 17 heavy (non-hydrogen) atoms. The third-order valence-corrected chi connectivity index (χ3v) is 3.35. The molecule has 1 aliphatic rings. The second-order valence-electron chi connectivity index (χ2n) is 4.86. The van der Waals surface area contributed by atoms with Crippen molar-refractivity contribution in [2.24, 2.45) is 0 Å². The molecule has 0 aromatic heterocycles. The van der Waals surface area contributed by atoms with Gasteiger partial charge in [-0.3, -0.25) is 0 Å². The minimum Gasteiger partial charge on any atom is -0.380 e. The van der Waals surface area contributed by atoms with Crippen LogP contribution in [-0.2, 0) is 11.3 Å². The Morgan fingerprint density at radius 2 is 2.24 bits per heavy atom. The van der Waals surface area contributed by atoms with Gasteiger partial charge in [-0.1, -0.05) is 18.2 Å². The first kappa shape index (κ1) is 12.4. The molecule has 1 aromatic carbocycles. The number of ether oxygens (including phenoxy) is 1. The summed E-state index contributed by atoms with van der Waals surface area (Å²) in [5.41, 5.74) is 2.72. The van der Waals surface area contributed by atoms with Crippen LogP contribution in [-0.4, -0.2) is 32.3 Å². The van der Waals surface area contributed by atoms with Gasteiger partial charge in [-0.05, 0) is 25.5 Å². The molecular formula is C14H22N2O. The van der Waals surface area contributed by atoms with Crippen LogP contribution in [0.2, 0.25) is 0 Å². The fraction of sp³-hybridized carbons (Fsp3) is 0.571. The van der Waals surface area contributed by atoms with Gasteiger partial charge in [0.15, 0.2) is 0 Å². The minimum absolute atomic E-state index is 0.258. The summed E-state index contributed by atoms with van der Waals surface area (Å²) in [6.07, 6.45) is 0.258. The first-order valence-corrected chi connectivity index (χ1v) is 6.29. The van der Waals surface area contributed by atoms with E-state index in [4.69, 9.17) is 4.74 Å². The van der Waals surface area contributed by atoms with E-state index in [1.54, 1.807) is 7.11 Å². The lowest BCUT2D eigenvalue weighted by Crippen LogP contribution is -2.39. The van der Waals surface area contributed by atoms with Crippen molar-refractivity contribution in [1.82, 2.24) is 5.32 Å². The van der Waals surface area contributed by atoms with Crippen molar-refractivity contribution in [1.29, 1.82) is 0 Å². The second-order valence-corrected chi connectivity index (χ2v) is 4.86. The highest BCUT2D eigenvalue weighted by Crippen LogP contribution is 2.23. The normalized spacial score (nSPS) is 21.8. The number of benzene rings is 1. The largest absolute Gasteiger partial charge is 0.380 e. The maximum Gasteiger partial charge on any atom is 0.0718 e. The van der Waals surface area contributed by atoms with E-state index in [1.807, 2.05) is 0 Å².